The van der Waals surface area contributed by atoms with Crippen molar-refractivity contribution in [3.8, 4) is 0 Å². The van der Waals surface area contributed by atoms with E-state index in [0.717, 1.165) is 6.07 Å². The summed E-state index contributed by atoms with van der Waals surface area (Å²) in [5.74, 6) is -0.994. The van der Waals surface area contributed by atoms with Crippen LogP contribution in [0.25, 0.3) is 0 Å². The molecule has 0 saturated carbocycles. The Balaban J connectivity index is 2.19. The van der Waals surface area contributed by atoms with Crippen LogP contribution < -0.4 is 5.32 Å². The number of rotatable bonds is 2. The predicted molar refractivity (Wildman–Crippen MR) is 68.6 cm³/mol. The summed E-state index contributed by atoms with van der Waals surface area (Å²) >= 11 is 11.3. The van der Waals surface area contributed by atoms with E-state index in [-0.39, 0.29) is 10.6 Å². The summed E-state index contributed by atoms with van der Waals surface area (Å²) in [6.07, 6.45) is 1.38. The van der Waals surface area contributed by atoms with Crippen molar-refractivity contribution in [2.24, 2.45) is 0 Å². The lowest BCUT2D eigenvalue weighted by atomic mass is 10.2. The number of halogens is 3. The lowest BCUT2D eigenvalue weighted by Gasteiger charge is -2.05. The van der Waals surface area contributed by atoms with Gasteiger partial charge < -0.3 is 5.32 Å². The molecule has 0 aliphatic rings. The standard InChI is InChI=1S/C12H7Cl2FN2O/c13-7-1-3-9(10(15)5-7)12(18)17-11-4-2-8(14)6-16-11/h1-6H,(H,16,17,18). The molecule has 18 heavy (non-hydrogen) atoms. The van der Waals surface area contributed by atoms with Crippen LogP contribution in [0.4, 0.5) is 10.2 Å². The Kier molecular flexibility index (Phi) is 3.79. The summed E-state index contributed by atoms with van der Waals surface area (Å²) < 4.78 is 13.5. The highest BCUT2D eigenvalue weighted by Crippen LogP contribution is 2.16. The van der Waals surface area contributed by atoms with Gasteiger partial charge in [0, 0.05) is 11.2 Å². The van der Waals surface area contributed by atoms with Gasteiger partial charge >= 0.3 is 0 Å². The Morgan fingerprint density at radius 3 is 2.50 bits per heavy atom. The molecule has 0 spiro atoms. The molecule has 0 radical (unpaired) electrons. The first-order valence-electron chi connectivity index (χ1n) is 4.94. The Bertz CT molecular complexity index is 587. The third kappa shape index (κ3) is 2.97. The van der Waals surface area contributed by atoms with Gasteiger partial charge in [0.05, 0.1) is 10.6 Å². The van der Waals surface area contributed by atoms with Gasteiger partial charge in [-0.05, 0) is 30.3 Å². The summed E-state index contributed by atoms with van der Waals surface area (Å²) in [6, 6.07) is 6.92. The van der Waals surface area contributed by atoms with Gasteiger partial charge in [-0.25, -0.2) is 9.37 Å². The summed E-state index contributed by atoms with van der Waals surface area (Å²) in [6.45, 7) is 0. The average molecular weight is 285 g/mol. The van der Waals surface area contributed by atoms with Gasteiger partial charge in [-0.1, -0.05) is 23.2 Å². The Hall–Kier alpha value is -1.65. The number of aromatic nitrogens is 1. The van der Waals surface area contributed by atoms with E-state index in [1.54, 1.807) is 6.07 Å². The molecule has 2 aromatic rings. The molecule has 1 aromatic heterocycles. The maximum Gasteiger partial charge on any atom is 0.259 e. The molecule has 1 aromatic carbocycles. The fourth-order valence-corrected chi connectivity index (χ4v) is 1.58. The lowest BCUT2D eigenvalue weighted by Crippen LogP contribution is -2.14. The van der Waals surface area contributed by atoms with E-state index in [1.165, 1.54) is 24.4 Å². The van der Waals surface area contributed by atoms with Gasteiger partial charge in [-0.15, -0.1) is 0 Å². The number of nitrogens with zero attached hydrogens (tertiary/aromatic N) is 1. The minimum Gasteiger partial charge on any atom is -0.306 e. The van der Waals surface area contributed by atoms with E-state index >= 15 is 0 Å². The minimum atomic E-state index is -0.686. The highest BCUT2D eigenvalue weighted by molar-refractivity contribution is 6.31. The van der Waals surface area contributed by atoms with E-state index in [1.807, 2.05) is 0 Å². The molecule has 0 unspecified atom stereocenters. The number of nitrogens with one attached hydrogen (secondary N) is 1. The van der Waals surface area contributed by atoms with Crippen molar-refractivity contribution >= 4 is 34.9 Å². The molecule has 0 atom stereocenters. The van der Waals surface area contributed by atoms with Crippen LogP contribution in [0, 0.1) is 5.82 Å². The number of carbonyl (C=O) groups is 1. The third-order valence-corrected chi connectivity index (χ3v) is 2.60. The second kappa shape index (κ2) is 5.33. The molecule has 2 rings (SSSR count). The van der Waals surface area contributed by atoms with Crippen LogP contribution in [0.1, 0.15) is 10.4 Å². The van der Waals surface area contributed by atoms with E-state index in [0.29, 0.717) is 10.8 Å². The number of anilines is 1. The molecule has 0 saturated heterocycles. The second-order valence-corrected chi connectivity index (χ2v) is 4.31. The molecular weight excluding hydrogens is 278 g/mol. The summed E-state index contributed by atoms with van der Waals surface area (Å²) in [5.41, 5.74) is -0.101. The summed E-state index contributed by atoms with van der Waals surface area (Å²) in [4.78, 5) is 15.6. The maximum absolute atomic E-state index is 13.5. The van der Waals surface area contributed by atoms with Crippen molar-refractivity contribution in [2.45, 2.75) is 0 Å². The predicted octanol–water partition coefficient (Wildman–Crippen LogP) is 3.78. The highest BCUT2D eigenvalue weighted by Gasteiger charge is 2.12. The van der Waals surface area contributed by atoms with Gasteiger partial charge in [0.25, 0.3) is 5.91 Å². The molecule has 0 aliphatic heterocycles. The molecule has 3 nitrogen and oxygen atoms in total. The van der Waals surface area contributed by atoms with Gasteiger partial charge in [-0.3, -0.25) is 4.79 Å². The fraction of sp³-hybridized carbons (Fsp3) is 0. The molecule has 1 N–H and O–H groups in total. The zero-order valence-electron chi connectivity index (χ0n) is 8.95. The van der Waals surface area contributed by atoms with Crippen LogP contribution >= 0.6 is 23.2 Å². The van der Waals surface area contributed by atoms with Crippen molar-refractivity contribution in [3.63, 3.8) is 0 Å². The lowest BCUT2D eigenvalue weighted by molar-refractivity contribution is 0.102. The Labute approximate surface area is 113 Å². The third-order valence-electron chi connectivity index (χ3n) is 2.14. The highest BCUT2D eigenvalue weighted by atomic mass is 35.5. The number of hydrogen-bond donors (Lipinski definition) is 1. The molecule has 0 bridgehead atoms. The molecule has 1 amide bonds. The minimum absolute atomic E-state index is 0.101. The van der Waals surface area contributed by atoms with Crippen LogP contribution in [0.5, 0.6) is 0 Å². The first-order chi connectivity index (χ1) is 8.56. The normalized spacial score (nSPS) is 10.2. The van der Waals surface area contributed by atoms with Gasteiger partial charge in [-0.2, -0.15) is 0 Å². The van der Waals surface area contributed by atoms with E-state index < -0.39 is 11.7 Å². The van der Waals surface area contributed by atoms with Crippen molar-refractivity contribution in [3.05, 3.63) is 58.0 Å². The number of benzene rings is 1. The summed E-state index contributed by atoms with van der Waals surface area (Å²) in [5, 5.41) is 3.13. The first-order valence-corrected chi connectivity index (χ1v) is 5.70. The Morgan fingerprint density at radius 2 is 1.89 bits per heavy atom. The van der Waals surface area contributed by atoms with Crippen LogP contribution in [0.2, 0.25) is 10.0 Å². The van der Waals surface area contributed by atoms with Crippen molar-refractivity contribution < 1.29 is 9.18 Å². The van der Waals surface area contributed by atoms with Crippen LogP contribution in [-0.2, 0) is 0 Å². The first kappa shape index (κ1) is 12.8. The smallest absolute Gasteiger partial charge is 0.259 e. The monoisotopic (exact) mass is 284 g/mol. The second-order valence-electron chi connectivity index (χ2n) is 3.44. The van der Waals surface area contributed by atoms with Crippen molar-refractivity contribution in [2.75, 3.05) is 5.32 Å². The van der Waals surface area contributed by atoms with Crippen LogP contribution in [0.3, 0.4) is 0 Å². The average Bonchev–Trinajstić information content (AvgIpc) is 2.32. The number of pyridine rings is 1. The molecule has 92 valence electrons. The molecule has 6 heteroatoms. The fourth-order valence-electron chi connectivity index (χ4n) is 1.31. The molecule has 0 fully saturated rings. The molecular formula is C12H7Cl2FN2O. The van der Waals surface area contributed by atoms with E-state index in [9.17, 15) is 9.18 Å². The topological polar surface area (TPSA) is 42.0 Å². The number of carbonyl (C=O) groups excluding carboxylic acids is 1. The molecule has 1 heterocycles. The maximum atomic E-state index is 13.5. The quantitative estimate of drug-likeness (QED) is 0.912. The van der Waals surface area contributed by atoms with Gasteiger partial charge in [0.2, 0.25) is 0 Å². The van der Waals surface area contributed by atoms with Crippen molar-refractivity contribution in [1.82, 2.24) is 4.98 Å². The molecule has 0 aliphatic carbocycles. The zero-order chi connectivity index (χ0) is 13.1. The van der Waals surface area contributed by atoms with Crippen LogP contribution in [0.15, 0.2) is 36.5 Å². The Morgan fingerprint density at radius 1 is 1.17 bits per heavy atom. The van der Waals surface area contributed by atoms with Crippen molar-refractivity contribution in [1.29, 1.82) is 0 Å². The van der Waals surface area contributed by atoms with E-state index in [2.05, 4.69) is 10.3 Å². The van der Waals surface area contributed by atoms with Gasteiger partial charge in [0.1, 0.15) is 11.6 Å². The summed E-state index contributed by atoms with van der Waals surface area (Å²) in [7, 11) is 0. The SMILES string of the molecule is O=C(Nc1ccc(Cl)cn1)c1ccc(Cl)cc1F. The number of hydrogen-bond acceptors (Lipinski definition) is 2. The largest absolute Gasteiger partial charge is 0.306 e. The number of amides is 1. The van der Waals surface area contributed by atoms with Crippen LogP contribution in [-0.4, -0.2) is 10.9 Å². The van der Waals surface area contributed by atoms with Gasteiger partial charge in [0.15, 0.2) is 0 Å². The zero-order valence-corrected chi connectivity index (χ0v) is 10.5. The van der Waals surface area contributed by atoms with E-state index in [4.69, 9.17) is 23.2 Å².